The highest BCUT2D eigenvalue weighted by Crippen LogP contribution is 2.30. The van der Waals surface area contributed by atoms with Crippen molar-refractivity contribution in [3.05, 3.63) is 33.9 Å². The first-order chi connectivity index (χ1) is 9.69. The molecule has 20 heavy (non-hydrogen) atoms. The van der Waals surface area contributed by atoms with Crippen molar-refractivity contribution in [1.29, 1.82) is 5.26 Å². The summed E-state index contributed by atoms with van der Waals surface area (Å²) in [5, 5.41) is 19.9. The summed E-state index contributed by atoms with van der Waals surface area (Å²) in [6.45, 7) is 3.80. The molecule has 0 N–H and O–H groups in total. The lowest BCUT2D eigenvalue weighted by molar-refractivity contribution is -0.385. The van der Waals surface area contributed by atoms with Gasteiger partial charge in [0.2, 0.25) is 0 Å². The minimum Gasteiger partial charge on any atom is -0.369 e. The van der Waals surface area contributed by atoms with E-state index in [1.165, 1.54) is 18.9 Å². The molecule has 1 aliphatic carbocycles. The molecule has 0 atom stereocenters. The molecule has 6 nitrogen and oxygen atoms in total. The number of nitriles is 1. The summed E-state index contributed by atoms with van der Waals surface area (Å²) in [6, 6.07) is 7.51. The van der Waals surface area contributed by atoms with Crippen LogP contribution in [0.2, 0.25) is 0 Å². The third-order valence-corrected chi connectivity index (χ3v) is 4.04. The Bertz CT molecular complexity index is 569. The van der Waals surface area contributed by atoms with E-state index in [1.54, 1.807) is 12.1 Å². The summed E-state index contributed by atoms with van der Waals surface area (Å²) in [5.74, 6) is 0. The second-order valence-corrected chi connectivity index (χ2v) is 5.32. The molecule has 0 spiro atoms. The van der Waals surface area contributed by atoms with Crippen LogP contribution in [0.3, 0.4) is 0 Å². The second-order valence-electron chi connectivity index (χ2n) is 5.32. The van der Waals surface area contributed by atoms with Gasteiger partial charge in [-0.15, -0.1) is 0 Å². The number of anilines is 1. The number of nitro benzene ring substituents is 1. The van der Waals surface area contributed by atoms with E-state index in [4.69, 9.17) is 5.26 Å². The Morgan fingerprint density at radius 1 is 1.25 bits per heavy atom. The van der Waals surface area contributed by atoms with Crippen LogP contribution in [0.25, 0.3) is 0 Å². The van der Waals surface area contributed by atoms with Crippen LogP contribution in [0.5, 0.6) is 0 Å². The van der Waals surface area contributed by atoms with E-state index in [0.717, 1.165) is 37.9 Å². The lowest BCUT2D eigenvalue weighted by atomic mass is 10.1. The molecule has 1 aliphatic heterocycles. The van der Waals surface area contributed by atoms with Crippen LogP contribution >= 0.6 is 0 Å². The van der Waals surface area contributed by atoms with E-state index in [-0.39, 0.29) is 11.3 Å². The highest BCUT2D eigenvalue weighted by molar-refractivity contribution is 5.60. The molecule has 1 aromatic carbocycles. The van der Waals surface area contributed by atoms with Crippen molar-refractivity contribution in [2.24, 2.45) is 0 Å². The Balaban J connectivity index is 1.75. The van der Waals surface area contributed by atoms with Crippen LogP contribution in [0.15, 0.2) is 18.2 Å². The van der Waals surface area contributed by atoms with Crippen LogP contribution in [0.1, 0.15) is 18.4 Å². The number of nitro groups is 1. The van der Waals surface area contributed by atoms with E-state index in [2.05, 4.69) is 9.80 Å². The number of benzene rings is 1. The fourth-order valence-corrected chi connectivity index (χ4v) is 2.75. The Labute approximate surface area is 117 Å². The highest BCUT2D eigenvalue weighted by atomic mass is 16.6. The Hall–Kier alpha value is -2.13. The van der Waals surface area contributed by atoms with Crippen LogP contribution < -0.4 is 4.90 Å². The topological polar surface area (TPSA) is 73.4 Å². The zero-order valence-corrected chi connectivity index (χ0v) is 11.2. The molecule has 2 fully saturated rings. The van der Waals surface area contributed by atoms with Gasteiger partial charge in [0.05, 0.1) is 4.92 Å². The van der Waals surface area contributed by atoms with Gasteiger partial charge < -0.3 is 4.90 Å². The summed E-state index contributed by atoms with van der Waals surface area (Å²) < 4.78 is 0. The number of rotatable bonds is 3. The third kappa shape index (κ3) is 2.45. The summed E-state index contributed by atoms with van der Waals surface area (Å²) in [7, 11) is 0. The zero-order valence-electron chi connectivity index (χ0n) is 11.2. The zero-order chi connectivity index (χ0) is 14.1. The third-order valence-electron chi connectivity index (χ3n) is 4.04. The van der Waals surface area contributed by atoms with Gasteiger partial charge in [-0.25, -0.2) is 0 Å². The van der Waals surface area contributed by atoms with Gasteiger partial charge >= 0.3 is 0 Å². The number of nitrogens with zero attached hydrogens (tertiary/aromatic N) is 4. The van der Waals surface area contributed by atoms with Crippen molar-refractivity contribution in [2.45, 2.75) is 18.9 Å². The highest BCUT2D eigenvalue weighted by Gasteiger charge is 2.31. The largest absolute Gasteiger partial charge is 0.369 e. The number of hydrogen-bond acceptors (Lipinski definition) is 5. The summed E-state index contributed by atoms with van der Waals surface area (Å²) >= 11 is 0. The summed E-state index contributed by atoms with van der Waals surface area (Å²) in [4.78, 5) is 15.2. The number of piperazine rings is 1. The lowest BCUT2D eigenvalue weighted by Crippen LogP contribution is -2.47. The van der Waals surface area contributed by atoms with Gasteiger partial charge in [0.1, 0.15) is 11.6 Å². The first kappa shape index (κ1) is 12.9. The predicted molar refractivity (Wildman–Crippen MR) is 74.6 cm³/mol. The molecule has 3 rings (SSSR count). The van der Waals surface area contributed by atoms with Crippen LogP contribution in [-0.4, -0.2) is 42.0 Å². The molecule has 0 unspecified atom stereocenters. The monoisotopic (exact) mass is 272 g/mol. The van der Waals surface area contributed by atoms with E-state index in [9.17, 15) is 10.1 Å². The fraction of sp³-hybridized carbons (Fsp3) is 0.500. The van der Waals surface area contributed by atoms with E-state index in [1.807, 2.05) is 6.07 Å². The molecule has 0 bridgehead atoms. The van der Waals surface area contributed by atoms with Gasteiger partial charge in [-0.1, -0.05) is 0 Å². The molecular weight excluding hydrogens is 256 g/mol. The minimum absolute atomic E-state index is 0.102. The molecule has 0 radical (unpaired) electrons. The van der Waals surface area contributed by atoms with Gasteiger partial charge in [0.15, 0.2) is 0 Å². The van der Waals surface area contributed by atoms with Crippen molar-refractivity contribution in [1.82, 2.24) is 4.90 Å². The smallest absolute Gasteiger partial charge is 0.289 e. The molecule has 1 saturated heterocycles. The van der Waals surface area contributed by atoms with Crippen molar-refractivity contribution < 1.29 is 4.92 Å². The maximum absolute atomic E-state index is 11.0. The Morgan fingerprint density at radius 3 is 2.50 bits per heavy atom. The Kier molecular flexibility index (Phi) is 3.28. The van der Waals surface area contributed by atoms with Crippen molar-refractivity contribution in [2.75, 3.05) is 31.1 Å². The fourth-order valence-electron chi connectivity index (χ4n) is 2.75. The summed E-state index contributed by atoms with van der Waals surface area (Å²) in [6.07, 6.45) is 2.62. The van der Waals surface area contributed by atoms with Crippen molar-refractivity contribution in [3.8, 4) is 6.07 Å². The van der Waals surface area contributed by atoms with Crippen LogP contribution in [0.4, 0.5) is 11.4 Å². The predicted octanol–water partition coefficient (Wildman–Crippen LogP) is 1.75. The first-order valence-electron chi connectivity index (χ1n) is 6.86. The Morgan fingerprint density at radius 2 is 1.95 bits per heavy atom. The van der Waals surface area contributed by atoms with Gasteiger partial charge in [0, 0.05) is 44.0 Å². The molecule has 0 aromatic heterocycles. The molecule has 2 aliphatic rings. The first-order valence-corrected chi connectivity index (χ1v) is 6.86. The standard InChI is InChI=1S/C14H16N4O2/c15-10-11-1-2-13(9-14(11)18(19)20)17-7-5-16(6-8-17)12-3-4-12/h1-2,9,12H,3-8H2. The average molecular weight is 272 g/mol. The average Bonchev–Trinajstić information content (AvgIpc) is 3.31. The van der Waals surface area contributed by atoms with Gasteiger partial charge in [-0.05, 0) is 25.0 Å². The maximum atomic E-state index is 11.0. The molecule has 0 amide bonds. The molecule has 1 aromatic rings. The van der Waals surface area contributed by atoms with E-state index in [0.29, 0.717) is 0 Å². The molecule has 6 heteroatoms. The normalized spacial score (nSPS) is 19.6. The molecule has 1 heterocycles. The van der Waals surface area contributed by atoms with Gasteiger partial charge in [-0.2, -0.15) is 5.26 Å². The maximum Gasteiger partial charge on any atom is 0.289 e. The minimum atomic E-state index is -0.484. The van der Waals surface area contributed by atoms with Gasteiger partial charge in [0.25, 0.3) is 5.69 Å². The van der Waals surface area contributed by atoms with E-state index >= 15 is 0 Å². The second kappa shape index (κ2) is 5.10. The van der Waals surface area contributed by atoms with Crippen molar-refractivity contribution >= 4 is 11.4 Å². The van der Waals surface area contributed by atoms with Crippen LogP contribution in [0, 0.1) is 21.4 Å². The van der Waals surface area contributed by atoms with Crippen LogP contribution in [-0.2, 0) is 0 Å². The molecule has 104 valence electrons. The van der Waals surface area contributed by atoms with Crippen molar-refractivity contribution in [3.63, 3.8) is 0 Å². The van der Waals surface area contributed by atoms with Gasteiger partial charge in [-0.3, -0.25) is 15.0 Å². The number of hydrogen-bond donors (Lipinski definition) is 0. The molecule has 1 saturated carbocycles. The quantitative estimate of drug-likeness (QED) is 0.619. The van der Waals surface area contributed by atoms with E-state index < -0.39 is 4.92 Å². The SMILES string of the molecule is N#Cc1ccc(N2CCN(C3CC3)CC2)cc1[N+](=O)[O-]. The lowest BCUT2D eigenvalue weighted by Gasteiger charge is -2.36. The molecular formula is C14H16N4O2. The summed E-state index contributed by atoms with van der Waals surface area (Å²) in [5.41, 5.74) is 0.858.